The second-order valence-corrected chi connectivity index (χ2v) is 9.12. The molecular formula is C26H34N2O3. The van der Waals surface area contributed by atoms with Crippen LogP contribution in [-0.4, -0.2) is 54.9 Å². The van der Waals surface area contributed by atoms with Crippen LogP contribution in [0.2, 0.25) is 0 Å². The standard InChI is InChI=1S/C26H34N2O3/c1-19-18-31-12-10-22(19)13-20-5-4-8-23(14-20)26(30)27-15-25(29)17-28-11-9-21-6-2-3-7-24(21)16-28/h2-8,14,19,22,25,29H,9-13,15-18H2,1H3,(H,27,30)/t19-,22?,25-/m0/s1. The van der Waals surface area contributed by atoms with Gasteiger partial charge < -0.3 is 15.2 Å². The molecule has 3 atom stereocenters. The van der Waals surface area contributed by atoms with Gasteiger partial charge in [-0.05, 0) is 59.9 Å². The Labute approximate surface area is 185 Å². The zero-order chi connectivity index (χ0) is 21.6. The van der Waals surface area contributed by atoms with Crippen molar-refractivity contribution in [2.24, 2.45) is 11.8 Å². The van der Waals surface area contributed by atoms with Crippen molar-refractivity contribution in [2.45, 2.75) is 38.8 Å². The molecule has 2 aliphatic heterocycles. The molecule has 1 amide bonds. The van der Waals surface area contributed by atoms with E-state index in [0.717, 1.165) is 45.6 Å². The number of carbonyl (C=O) groups excluding carboxylic acids is 1. The number of aliphatic hydroxyl groups is 1. The zero-order valence-electron chi connectivity index (χ0n) is 18.4. The van der Waals surface area contributed by atoms with Gasteiger partial charge in [0.15, 0.2) is 0 Å². The van der Waals surface area contributed by atoms with Crippen LogP contribution in [0.15, 0.2) is 48.5 Å². The fraction of sp³-hybridized carbons (Fsp3) is 0.500. The third kappa shape index (κ3) is 5.94. The van der Waals surface area contributed by atoms with Crippen LogP contribution in [0.3, 0.4) is 0 Å². The number of rotatable bonds is 7. The molecule has 5 heteroatoms. The average molecular weight is 423 g/mol. The molecule has 1 saturated heterocycles. The quantitative estimate of drug-likeness (QED) is 0.720. The monoisotopic (exact) mass is 422 g/mol. The first-order valence-corrected chi connectivity index (χ1v) is 11.5. The number of nitrogens with zero attached hydrogens (tertiary/aromatic N) is 1. The van der Waals surface area contributed by atoms with Crippen molar-refractivity contribution in [1.29, 1.82) is 0 Å². The molecule has 5 nitrogen and oxygen atoms in total. The van der Waals surface area contributed by atoms with E-state index in [2.05, 4.69) is 47.5 Å². The number of aliphatic hydroxyl groups excluding tert-OH is 1. The summed E-state index contributed by atoms with van der Waals surface area (Å²) in [6, 6.07) is 16.4. The molecule has 1 fully saturated rings. The molecule has 2 aromatic rings. The third-order valence-corrected chi connectivity index (χ3v) is 6.68. The molecular weight excluding hydrogens is 388 g/mol. The molecule has 0 bridgehead atoms. The lowest BCUT2D eigenvalue weighted by Crippen LogP contribution is -2.42. The van der Waals surface area contributed by atoms with Gasteiger partial charge in [0.05, 0.1) is 6.10 Å². The first-order valence-electron chi connectivity index (χ1n) is 11.5. The van der Waals surface area contributed by atoms with Gasteiger partial charge in [-0.3, -0.25) is 9.69 Å². The van der Waals surface area contributed by atoms with E-state index in [-0.39, 0.29) is 12.5 Å². The van der Waals surface area contributed by atoms with Gasteiger partial charge >= 0.3 is 0 Å². The van der Waals surface area contributed by atoms with Crippen molar-refractivity contribution in [1.82, 2.24) is 10.2 Å². The Bertz CT molecular complexity index is 884. The Balaban J connectivity index is 1.26. The Morgan fingerprint density at radius 2 is 2.06 bits per heavy atom. The van der Waals surface area contributed by atoms with Crippen molar-refractivity contribution in [3.8, 4) is 0 Å². The van der Waals surface area contributed by atoms with Crippen molar-refractivity contribution in [3.05, 3.63) is 70.8 Å². The highest BCUT2D eigenvalue weighted by molar-refractivity contribution is 5.94. The molecule has 166 valence electrons. The number of fused-ring (bicyclic) bond motifs is 1. The summed E-state index contributed by atoms with van der Waals surface area (Å²) in [5.74, 6) is 1.02. The Hall–Kier alpha value is -2.21. The summed E-state index contributed by atoms with van der Waals surface area (Å²) in [4.78, 5) is 14.9. The molecule has 0 saturated carbocycles. The van der Waals surface area contributed by atoms with Gasteiger partial charge in [0.1, 0.15) is 0 Å². The largest absolute Gasteiger partial charge is 0.390 e. The minimum absolute atomic E-state index is 0.120. The van der Waals surface area contributed by atoms with E-state index in [4.69, 9.17) is 4.74 Å². The maximum absolute atomic E-state index is 12.7. The van der Waals surface area contributed by atoms with E-state index in [1.54, 1.807) is 0 Å². The summed E-state index contributed by atoms with van der Waals surface area (Å²) in [6.07, 6.45) is 2.48. The first-order chi connectivity index (χ1) is 15.1. The van der Waals surface area contributed by atoms with Crippen LogP contribution in [-0.2, 0) is 24.1 Å². The number of carbonyl (C=O) groups is 1. The van der Waals surface area contributed by atoms with Gasteiger partial charge in [-0.15, -0.1) is 0 Å². The number of nitrogens with one attached hydrogen (secondary N) is 1. The maximum atomic E-state index is 12.7. The van der Waals surface area contributed by atoms with Crippen LogP contribution in [0, 0.1) is 11.8 Å². The molecule has 31 heavy (non-hydrogen) atoms. The first kappa shape index (κ1) is 22.0. The topological polar surface area (TPSA) is 61.8 Å². The van der Waals surface area contributed by atoms with E-state index >= 15 is 0 Å². The lowest BCUT2D eigenvalue weighted by Gasteiger charge is -2.30. The molecule has 2 N–H and O–H groups in total. The lowest BCUT2D eigenvalue weighted by molar-refractivity contribution is 0.0245. The molecule has 0 radical (unpaired) electrons. The molecule has 0 aliphatic carbocycles. The average Bonchev–Trinajstić information content (AvgIpc) is 2.79. The molecule has 2 aromatic carbocycles. The predicted octanol–water partition coefficient (Wildman–Crippen LogP) is 3.05. The molecule has 2 aliphatic rings. The van der Waals surface area contributed by atoms with Gasteiger partial charge in [0.2, 0.25) is 0 Å². The fourth-order valence-electron chi connectivity index (χ4n) is 4.76. The van der Waals surface area contributed by atoms with Crippen LogP contribution in [0.1, 0.15) is 40.4 Å². The highest BCUT2D eigenvalue weighted by atomic mass is 16.5. The Kier molecular flexibility index (Phi) is 7.38. The normalized spacial score (nSPS) is 22.5. The molecule has 2 heterocycles. The molecule has 1 unspecified atom stereocenters. The van der Waals surface area contributed by atoms with Gasteiger partial charge in [-0.1, -0.05) is 43.3 Å². The van der Waals surface area contributed by atoms with Gasteiger partial charge in [0.25, 0.3) is 5.91 Å². The Morgan fingerprint density at radius 3 is 2.90 bits per heavy atom. The summed E-state index contributed by atoms with van der Waals surface area (Å²) >= 11 is 0. The Morgan fingerprint density at radius 1 is 1.23 bits per heavy atom. The number of β-amino-alcohol motifs (C(OH)–C–C–N with tert-alkyl or cyclic N) is 1. The van der Waals surface area contributed by atoms with E-state index in [9.17, 15) is 9.90 Å². The van der Waals surface area contributed by atoms with Crippen LogP contribution in [0.25, 0.3) is 0 Å². The lowest BCUT2D eigenvalue weighted by atomic mass is 9.84. The number of hydrogen-bond acceptors (Lipinski definition) is 4. The van der Waals surface area contributed by atoms with Crippen molar-refractivity contribution in [3.63, 3.8) is 0 Å². The SMILES string of the molecule is C[C@H]1COCCC1Cc1cccc(C(=O)NC[C@H](O)CN2CCc3ccccc3C2)c1. The molecule has 0 aromatic heterocycles. The van der Waals surface area contributed by atoms with Gasteiger partial charge in [-0.25, -0.2) is 0 Å². The highest BCUT2D eigenvalue weighted by Crippen LogP contribution is 2.25. The van der Waals surface area contributed by atoms with Gasteiger partial charge in [0, 0.05) is 45.0 Å². The second-order valence-electron chi connectivity index (χ2n) is 9.12. The maximum Gasteiger partial charge on any atom is 0.251 e. The van der Waals surface area contributed by atoms with Crippen LogP contribution in [0.5, 0.6) is 0 Å². The smallest absolute Gasteiger partial charge is 0.251 e. The van der Waals surface area contributed by atoms with Crippen molar-refractivity contribution >= 4 is 5.91 Å². The van der Waals surface area contributed by atoms with Crippen LogP contribution in [0.4, 0.5) is 0 Å². The zero-order valence-corrected chi connectivity index (χ0v) is 18.4. The number of amides is 1. The van der Waals surface area contributed by atoms with Crippen molar-refractivity contribution < 1.29 is 14.6 Å². The number of benzene rings is 2. The summed E-state index contributed by atoms with van der Waals surface area (Å²) in [5, 5.41) is 13.4. The third-order valence-electron chi connectivity index (χ3n) is 6.68. The van der Waals surface area contributed by atoms with Crippen LogP contribution >= 0.6 is 0 Å². The number of ether oxygens (including phenoxy) is 1. The minimum Gasteiger partial charge on any atom is -0.390 e. The van der Waals surface area contributed by atoms with E-state index in [0.29, 0.717) is 23.9 Å². The fourth-order valence-corrected chi connectivity index (χ4v) is 4.76. The highest BCUT2D eigenvalue weighted by Gasteiger charge is 2.23. The summed E-state index contributed by atoms with van der Waals surface area (Å²) in [6.45, 7) is 6.51. The minimum atomic E-state index is -0.583. The van der Waals surface area contributed by atoms with Crippen LogP contribution < -0.4 is 5.32 Å². The second kappa shape index (κ2) is 10.4. The van der Waals surface area contributed by atoms with Crippen molar-refractivity contribution in [2.75, 3.05) is 32.8 Å². The van der Waals surface area contributed by atoms with E-state index in [1.165, 1.54) is 16.7 Å². The summed E-state index contributed by atoms with van der Waals surface area (Å²) in [5.41, 5.74) is 4.59. The molecule has 0 spiro atoms. The van der Waals surface area contributed by atoms with E-state index in [1.807, 2.05) is 18.2 Å². The number of hydrogen-bond donors (Lipinski definition) is 2. The summed E-state index contributed by atoms with van der Waals surface area (Å²) < 4.78 is 5.55. The summed E-state index contributed by atoms with van der Waals surface area (Å²) in [7, 11) is 0. The van der Waals surface area contributed by atoms with Gasteiger partial charge in [-0.2, -0.15) is 0 Å². The molecule has 4 rings (SSSR count). The van der Waals surface area contributed by atoms with E-state index < -0.39 is 6.10 Å². The predicted molar refractivity (Wildman–Crippen MR) is 122 cm³/mol.